The molecule has 27 heavy (non-hydrogen) atoms. The molecule has 3 aromatic rings. The number of nitrogens with zero attached hydrogens (tertiary/aromatic N) is 4. The summed E-state index contributed by atoms with van der Waals surface area (Å²) >= 11 is 1.60. The van der Waals surface area contributed by atoms with Crippen molar-refractivity contribution in [2.75, 3.05) is 6.54 Å². The van der Waals surface area contributed by atoms with Gasteiger partial charge in [-0.3, -0.25) is 19.4 Å². The maximum atomic E-state index is 12.5. The first kappa shape index (κ1) is 17.9. The van der Waals surface area contributed by atoms with Gasteiger partial charge in [-0.1, -0.05) is 6.07 Å². The maximum absolute atomic E-state index is 12.5. The number of nitrogens with one attached hydrogen (secondary N) is 1. The van der Waals surface area contributed by atoms with Crippen LogP contribution in [0.4, 0.5) is 0 Å². The Balaban J connectivity index is 1.39. The quantitative estimate of drug-likeness (QED) is 0.712. The van der Waals surface area contributed by atoms with Crippen molar-refractivity contribution in [1.29, 1.82) is 0 Å². The van der Waals surface area contributed by atoms with E-state index < -0.39 is 0 Å². The number of amides is 1. The molecule has 1 atom stereocenters. The van der Waals surface area contributed by atoms with Crippen LogP contribution in [0.2, 0.25) is 0 Å². The summed E-state index contributed by atoms with van der Waals surface area (Å²) in [5.74, 6) is -0.0336. The molecule has 1 aliphatic heterocycles. The Hall–Kier alpha value is -2.51. The maximum Gasteiger partial charge on any atom is 0.261 e. The van der Waals surface area contributed by atoms with Crippen molar-refractivity contribution in [2.45, 2.75) is 32.0 Å². The summed E-state index contributed by atoms with van der Waals surface area (Å²) in [6, 6.07) is 10.1. The lowest BCUT2D eigenvalue weighted by Crippen LogP contribution is -2.22. The predicted molar refractivity (Wildman–Crippen MR) is 105 cm³/mol. The summed E-state index contributed by atoms with van der Waals surface area (Å²) in [5, 5.41) is 7.22. The van der Waals surface area contributed by atoms with Crippen LogP contribution >= 0.6 is 11.3 Å². The summed E-state index contributed by atoms with van der Waals surface area (Å²) in [6.07, 6.45) is 8.06. The molecule has 1 aliphatic rings. The fourth-order valence-electron chi connectivity index (χ4n) is 3.54. The van der Waals surface area contributed by atoms with Crippen LogP contribution < -0.4 is 5.32 Å². The third-order valence-electron chi connectivity index (χ3n) is 4.84. The molecule has 0 spiro atoms. The zero-order valence-corrected chi connectivity index (χ0v) is 16.2. The van der Waals surface area contributed by atoms with Gasteiger partial charge in [-0.15, -0.1) is 11.3 Å². The van der Waals surface area contributed by atoms with Gasteiger partial charge in [0.05, 0.1) is 23.3 Å². The Labute approximate surface area is 162 Å². The third-order valence-corrected chi connectivity index (χ3v) is 6.03. The lowest BCUT2D eigenvalue weighted by molar-refractivity contribution is 0.0954. The van der Waals surface area contributed by atoms with Gasteiger partial charge in [0, 0.05) is 42.5 Å². The molecule has 1 saturated heterocycles. The first-order chi connectivity index (χ1) is 13.2. The van der Waals surface area contributed by atoms with Crippen LogP contribution in [-0.2, 0) is 20.1 Å². The van der Waals surface area contributed by atoms with E-state index in [-0.39, 0.29) is 5.91 Å². The smallest absolute Gasteiger partial charge is 0.261 e. The van der Waals surface area contributed by atoms with Crippen LogP contribution in [0, 0.1) is 0 Å². The number of aryl methyl sites for hydroxylation is 1. The third kappa shape index (κ3) is 4.26. The molecule has 6 nitrogen and oxygen atoms in total. The van der Waals surface area contributed by atoms with E-state index in [9.17, 15) is 4.79 Å². The molecular formula is C20H23N5OS. The second-order valence-corrected chi connectivity index (χ2v) is 7.97. The molecular weight excluding hydrogens is 358 g/mol. The Morgan fingerprint density at radius 1 is 1.33 bits per heavy atom. The number of pyridine rings is 1. The summed E-state index contributed by atoms with van der Waals surface area (Å²) in [5.41, 5.74) is 2.09. The van der Waals surface area contributed by atoms with Crippen LogP contribution in [0.15, 0.2) is 48.9 Å². The number of carbonyl (C=O) groups is 1. The number of hydrogen-bond acceptors (Lipinski definition) is 5. The largest absolute Gasteiger partial charge is 0.346 e. The topological polar surface area (TPSA) is 63.1 Å². The number of likely N-dealkylation sites (tertiary alicyclic amines) is 1. The van der Waals surface area contributed by atoms with Gasteiger partial charge < -0.3 is 5.32 Å². The second kappa shape index (κ2) is 8.02. The van der Waals surface area contributed by atoms with Crippen molar-refractivity contribution < 1.29 is 4.79 Å². The van der Waals surface area contributed by atoms with Crippen molar-refractivity contribution in [3.63, 3.8) is 0 Å². The van der Waals surface area contributed by atoms with E-state index in [1.165, 1.54) is 16.9 Å². The fraction of sp³-hybridized carbons (Fsp3) is 0.350. The Morgan fingerprint density at radius 3 is 3.04 bits per heavy atom. The van der Waals surface area contributed by atoms with Gasteiger partial charge in [-0.05, 0) is 43.7 Å². The van der Waals surface area contributed by atoms with E-state index in [4.69, 9.17) is 0 Å². The summed E-state index contributed by atoms with van der Waals surface area (Å²) in [7, 11) is 1.94. The van der Waals surface area contributed by atoms with E-state index in [0.717, 1.165) is 30.1 Å². The fourth-order valence-corrected chi connectivity index (χ4v) is 4.63. The average molecular weight is 382 g/mol. The van der Waals surface area contributed by atoms with Gasteiger partial charge in [0.15, 0.2) is 0 Å². The molecule has 7 heteroatoms. The standard InChI is InChI=1S/C20H23N5OS/c1-24-13-15(11-23-24)14-25-10-4-6-17(25)18-7-8-19(27-18)20(26)22-12-16-5-2-3-9-21-16/h2-3,5,7-9,11,13,17H,4,6,10,12,14H2,1H3,(H,22,26). The number of hydrogen-bond donors (Lipinski definition) is 1. The van der Waals surface area contributed by atoms with E-state index in [1.54, 1.807) is 17.5 Å². The normalized spacial score (nSPS) is 17.3. The molecule has 140 valence electrons. The number of thiophene rings is 1. The summed E-state index contributed by atoms with van der Waals surface area (Å²) in [6.45, 7) is 2.43. The molecule has 0 aliphatic carbocycles. The van der Waals surface area contributed by atoms with Crippen LogP contribution in [0.25, 0.3) is 0 Å². The lowest BCUT2D eigenvalue weighted by atomic mass is 10.2. The van der Waals surface area contributed by atoms with Crippen LogP contribution in [-0.4, -0.2) is 32.1 Å². The van der Waals surface area contributed by atoms with Crippen molar-refractivity contribution >= 4 is 17.2 Å². The lowest BCUT2D eigenvalue weighted by Gasteiger charge is -2.22. The van der Waals surface area contributed by atoms with Crippen LogP contribution in [0.3, 0.4) is 0 Å². The van der Waals surface area contributed by atoms with E-state index in [1.807, 2.05) is 42.2 Å². The van der Waals surface area contributed by atoms with Gasteiger partial charge in [0.1, 0.15) is 0 Å². The highest BCUT2D eigenvalue weighted by molar-refractivity contribution is 7.14. The molecule has 1 amide bonds. The zero-order chi connectivity index (χ0) is 18.6. The number of rotatable bonds is 6. The van der Waals surface area contributed by atoms with Crippen molar-refractivity contribution in [3.05, 3.63) is 69.9 Å². The molecule has 4 heterocycles. The molecule has 1 fully saturated rings. The molecule has 1 unspecified atom stereocenters. The van der Waals surface area contributed by atoms with E-state index >= 15 is 0 Å². The Morgan fingerprint density at radius 2 is 2.26 bits per heavy atom. The zero-order valence-electron chi connectivity index (χ0n) is 15.3. The van der Waals surface area contributed by atoms with Crippen molar-refractivity contribution in [3.8, 4) is 0 Å². The van der Waals surface area contributed by atoms with Crippen molar-refractivity contribution in [2.24, 2.45) is 7.05 Å². The molecule has 0 bridgehead atoms. The SMILES string of the molecule is Cn1cc(CN2CCCC2c2ccc(C(=O)NCc3ccccn3)s2)cn1. The van der Waals surface area contributed by atoms with E-state index in [0.29, 0.717) is 12.6 Å². The molecule has 0 aromatic carbocycles. The monoisotopic (exact) mass is 381 g/mol. The summed E-state index contributed by atoms with van der Waals surface area (Å²) in [4.78, 5) is 21.2. The highest BCUT2D eigenvalue weighted by Gasteiger charge is 2.28. The first-order valence-electron chi connectivity index (χ1n) is 9.18. The van der Waals surface area contributed by atoms with Crippen molar-refractivity contribution in [1.82, 2.24) is 25.0 Å². The minimum Gasteiger partial charge on any atom is -0.346 e. The van der Waals surface area contributed by atoms with Gasteiger partial charge in [-0.25, -0.2) is 0 Å². The predicted octanol–water partition coefficient (Wildman–Crippen LogP) is 3.14. The van der Waals surface area contributed by atoms with Gasteiger partial charge in [-0.2, -0.15) is 5.10 Å². The molecule has 1 N–H and O–H groups in total. The van der Waals surface area contributed by atoms with Crippen LogP contribution in [0.1, 0.15) is 44.7 Å². The summed E-state index contributed by atoms with van der Waals surface area (Å²) < 4.78 is 1.84. The number of carbonyl (C=O) groups excluding carboxylic acids is 1. The minimum atomic E-state index is -0.0336. The molecule has 3 aromatic heterocycles. The van der Waals surface area contributed by atoms with E-state index in [2.05, 4.69) is 32.6 Å². The van der Waals surface area contributed by atoms with Gasteiger partial charge in [0.2, 0.25) is 0 Å². The Bertz CT molecular complexity index is 904. The van der Waals surface area contributed by atoms with Gasteiger partial charge in [0.25, 0.3) is 5.91 Å². The molecule has 4 rings (SSSR count). The molecule has 0 radical (unpaired) electrons. The minimum absolute atomic E-state index is 0.0336. The molecule has 0 saturated carbocycles. The number of aromatic nitrogens is 3. The highest BCUT2D eigenvalue weighted by Crippen LogP contribution is 2.36. The van der Waals surface area contributed by atoms with Gasteiger partial charge >= 0.3 is 0 Å². The Kier molecular flexibility index (Phi) is 5.31. The second-order valence-electron chi connectivity index (χ2n) is 6.86. The first-order valence-corrected chi connectivity index (χ1v) is 10.00. The van der Waals surface area contributed by atoms with Crippen LogP contribution in [0.5, 0.6) is 0 Å². The highest BCUT2D eigenvalue weighted by atomic mass is 32.1. The average Bonchev–Trinajstić information content (AvgIpc) is 3.42.